The van der Waals surface area contributed by atoms with Crippen molar-refractivity contribution in [1.82, 2.24) is 0 Å². The van der Waals surface area contributed by atoms with Gasteiger partial charge in [-0.2, -0.15) is 5.26 Å². The SMILES string of the molecule is Cc1ccccc1C(C#N)C(=O)C1(C)CCCCC1. The molecule has 0 amide bonds. The number of hydrogen-bond donors (Lipinski definition) is 0. The van der Waals surface area contributed by atoms with E-state index in [2.05, 4.69) is 6.07 Å². The smallest absolute Gasteiger partial charge is 0.160 e. The third kappa shape index (κ3) is 2.71. The van der Waals surface area contributed by atoms with Gasteiger partial charge in [-0.1, -0.05) is 50.5 Å². The van der Waals surface area contributed by atoms with E-state index >= 15 is 0 Å². The largest absolute Gasteiger partial charge is 0.297 e. The van der Waals surface area contributed by atoms with Gasteiger partial charge in [-0.05, 0) is 30.9 Å². The standard InChI is InChI=1S/C17H21NO/c1-13-8-4-5-9-14(13)15(12-18)16(19)17(2)10-6-3-7-11-17/h4-5,8-9,15H,3,6-7,10-11H2,1-2H3. The second-order valence-corrected chi connectivity index (χ2v) is 5.90. The number of benzene rings is 1. The summed E-state index contributed by atoms with van der Waals surface area (Å²) >= 11 is 0. The topological polar surface area (TPSA) is 40.9 Å². The van der Waals surface area contributed by atoms with Crippen LogP contribution in [0.3, 0.4) is 0 Å². The zero-order chi connectivity index (χ0) is 13.9. The highest BCUT2D eigenvalue weighted by Gasteiger charge is 2.39. The van der Waals surface area contributed by atoms with Crippen LogP contribution >= 0.6 is 0 Å². The van der Waals surface area contributed by atoms with E-state index in [0.717, 1.165) is 36.8 Å². The maximum Gasteiger partial charge on any atom is 0.160 e. The summed E-state index contributed by atoms with van der Waals surface area (Å²) in [5.74, 6) is -0.492. The molecule has 19 heavy (non-hydrogen) atoms. The lowest BCUT2D eigenvalue weighted by Crippen LogP contribution is -2.34. The van der Waals surface area contributed by atoms with E-state index < -0.39 is 5.92 Å². The molecule has 1 aliphatic rings. The Kier molecular flexibility index (Phi) is 4.04. The Morgan fingerprint density at radius 2 is 1.89 bits per heavy atom. The van der Waals surface area contributed by atoms with Crippen LogP contribution in [0.4, 0.5) is 0 Å². The number of hydrogen-bond acceptors (Lipinski definition) is 2. The minimum atomic E-state index is -0.607. The number of rotatable bonds is 3. The number of aryl methyl sites for hydroxylation is 1. The van der Waals surface area contributed by atoms with E-state index in [1.807, 2.05) is 38.1 Å². The maximum atomic E-state index is 12.8. The first kappa shape index (κ1) is 13.8. The summed E-state index contributed by atoms with van der Waals surface area (Å²) in [4.78, 5) is 12.8. The molecule has 2 rings (SSSR count). The van der Waals surface area contributed by atoms with Crippen LogP contribution in [0.5, 0.6) is 0 Å². The van der Waals surface area contributed by atoms with Gasteiger partial charge in [0.05, 0.1) is 6.07 Å². The van der Waals surface area contributed by atoms with Crippen molar-refractivity contribution in [2.75, 3.05) is 0 Å². The summed E-state index contributed by atoms with van der Waals surface area (Å²) in [7, 11) is 0. The molecule has 0 spiro atoms. The Labute approximate surface area is 115 Å². The minimum Gasteiger partial charge on any atom is -0.297 e. The molecular weight excluding hydrogens is 234 g/mol. The monoisotopic (exact) mass is 255 g/mol. The van der Waals surface area contributed by atoms with E-state index in [-0.39, 0.29) is 11.2 Å². The zero-order valence-electron chi connectivity index (χ0n) is 11.8. The molecule has 2 heteroatoms. The van der Waals surface area contributed by atoms with Crippen molar-refractivity contribution in [2.45, 2.75) is 51.9 Å². The first-order valence-corrected chi connectivity index (χ1v) is 7.08. The summed E-state index contributed by atoms with van der Waals surface area (Å²) < 4.78 is 0. The second kappa shape index (κ2) is 5.57. The number of carbonyl (C=O) groups excluding carboxylic acids is 1. The first-order valence-electron chi connectivity index (χ1n) is 7.08. The van der Waals surface area contributed by atoms with E-state index in [1.54, 1.807) is 0 Å². The fourth-order valence-electron chi connectivity index (χ4n) is 3.11. The molecule has 1 aromatic rings. The fourth-order valence-corrected chi connectivity index (χ4v) is 3.11. The molecule has 1 aromatic carbocycles. The minimum absolute atomic E-state index is 0.115. The predicted octanol–water partition coefficient (Wildman–Crippen LogP) is 4.14. The van der Waals surface area contributed by atoms with E-state index in [1.165, 1.54) is 6.42 Å². The Morgan fingerprint density at radius 3 is 2.47 bits per heavy atom. The van der Waals surface area contributed by atoms with Crippen molar-refractivity contribution < 1.29 is 4.79 Å². The fraction of sp³-hybridized carbons (Fsp3) is 0.529. The van der Waals surface area contributed by atoms with E-state index in [0.29, 0.717) is 0 Å². The molecule has 2 nitrogen and oxygen atoms in total. The van der Waals surface area contributed by atoms with Crippen LogP contribution < -0.4 is 0 Å². The van der Waals surface area contributed by atoms with Crippen LogP contribution in [-0.4, -0.2) is 5.78 Å². The Hall–Kier alpha value is -1.62. The molecule has 0 saturated heterocycles. The van der Waals surface area contributed by atoms with Gasteiger partial charge in [-0.15, -0.1) is 0 Å². The van der Waals surface area contributed by atoms with Crippen molar-refractivity contribution in [1.29, 1.82) is 5.26 Å². The predicted molar refractivity (Wildman–Crippen MR) is 75.7 cm³/mol. The summed E-state index contributed by atoms with van der Waals surface area (Å²) in [6, 6.07) is 9.96. The van der Waals surface area contributed by atoms with Gasteiger partial charge >= 0.3 is 0 Å². The Balaban J connectivity index is 2.30. The average molecular weight is 255 g/mol. The van der Waals surface area contributed by atoms with Crippen LogP contribution in [0.2, 0.25) is 0 Å². The number of nitriles is 1. The van der Waals surface area contributed by atoms with Gasteiger partial charge in [0.1, 0.15) is 5.92 Å². The highest BCUT2D eigenvalue weighted by atomic mass is 16.1. The summed E-state index contributed by atoms with van der Waals surface area (Å²) in [5, 5.41) is 9.45. The molecule has 0 heterocycles. The molecule has 0 bridgehead atoms. The van der Waals surface area contributed by atoms with Crippen molar-refractivity contribution in [2.24, 2.45) is 5.41 Å². The molecule has 100 valence electrons. The molecule has 1 saturated carbocycles. The van der Waals surface area contributed by atoms with Gasteiger partial charge in [0, 0.05) is 5.41 Å². The maximum absolute atomic E-state index is 12.8. The molecule has 1 unspecified atom stereocenters. The van der Waals surface area contributed by atoms with Gasteiger partial charge in [-0.25, -0.2) is 0 Å². The summed E-state index contributed by atoms with van der Waals surface area (Å²) in [6.07, 6.45) is 5.28. The van der Waals surface area contributed by atoms with Gasteiger partial charge < -0.3 is 0 Å². The van der Waals surface area contributed by atoms with E-state index in [4.69, 9.17) is 0 Å². The second-order valence-electron chi connectivity index (χ2n) is 5.90. The lowest BCUT2D eigenvalue weighted by molar-refractivity contribution is -0.129. The molecule has 0 aliphatic heterocycles. The lowest BCUT2D eigenvalue weighted by atomic mass is 9.68. The third-order valence-corrected chi connectivity index (χ3v) is 4.44. The van der Waals surface area contributed by atoms with Crippen LogP contribution in [0.15, 0.2) is 24.3 Å². The molecular formula is C17H21NO. The van der Waals surface area contributed by atoms with Gasteiger partial charge in [0.2, 0.25) is 0 Å². The van der Waals surface area contributed by atoms with E-state index in [9.17, 15) is 10.1 Å². The van der Waals surface area contributed by atoms with Crippen molar-refractivity contribution >= 4 is 5.78 Å². The number of Topliss-reactive ketones (excluding diaryl/α,β-unsaturated/α-hetero) is 1. The van der Waals surface area contributed by atoms with Crippen LogP contribution in [0.1, 0.15) is 56.1 Å². The first-order chi connectivity index (χ1) is 9.08. The molecule has 0 N–H and O–H groups in total. The summed E-state index contributed by atoms with van der Waals surface area (Å²) in [5.41, 5.74) is 1.60. The van der Waals surface area contributed by atoms with Crippen LogP contribution in [-0.2, 0) is 4.79 Å². The Morgan fingerprint density at radius 1 is 1.26 bits per heavy atom. The molecule has 0 radical (unpaired) electrons. The van der Waals surface area contributed by atoms with Gasteiger partial charge in [0.25, 0.3) is 0 Å². The van der Waals surface area contributed by atoms with Crippen LogP contribution in [0.25, 0.3) is 0 Å². The highest BCUT2D eigenvalue weighted by Crippen LogP contribution is 2.40. The zero-order valence-corrected chi connectivity index (χ0v) is 11.8. The van der Waals surface area contributed by atoms with Crippen LogP contribution in [0, 0.1) is 23.7 Å². The van der Waals surface area contributed by atoms with Gasteiger partial charge in [0.15, 0.2) is 5.78 Å². The molecule has 1 aliphatic carbocycles. The molecule has 1 fully saturated rings. The Bertz CT molecular complexity index is 506. The number of nitrogens with zero attached hydrogens (tertiary/aromatic N) is 1. The number of carbonyl (C=O) groups is 1. The normalized spacial score (nSPS) is 19.4. The summed E-state index contributed by atoms with van der Waals surface area (Å²) in [6.45, 7) is 4.01. The van der Waals surface area contributed by atoms with Crippen molar-refractivity contribution in [3.05, 3.63) is 35.4 Å². The van der Waals surface area contributed by atoms with Crippen molar-refractivity contribution in [3.8, 4) is 6.07 Å². The lowest BCUT2D eigenvalue weighted by Gasteiger charge is -2.33. The third-order valence-electron chi connectivity index (χ3n) is 4.44. The highest BCUT2D eigenvalue weighted by molar-refractivity contribution is 5.93. The number of ketones is 1. The van der Waals surface area contributed by atoms with Gasteiger partial charge in [-0.3, -0.25) is 4.79 Å². The average Bonchev–Trinajstić information content (AvgIpc) is 2.42. The molecule has 1 atom stereocenters. The quantitative estimate of drug-likeness (QED) is 0.814. The van der Waals surface area contributed by atoms with Crippen molar-refractivity contribution in [3.63, 3.8) is 0 Å². The molecule has 0 aromatic heterocycles.